The Hall–Kier alpha value is -3.23. The van der Waals surface area contributed by atoms with Gasteiger partial charge in [-0.2, -0.15) is 0 Å². The Balaban J connectivity index is 1.44. The third kappa shape index (κ3) is 4.12. The first-order valence-corrected chi connectivity index (χ1v) is 11.7. The second-order valence-corrected chi connectivity index (χ2v) is 8.94. The van der Waals surface area contributed by atoms with E-state index >= 15 is 0 Å². The van der Waals surface area contributed by atoms with Crippen molar-refractivity contribution in [1.29, 1.82) is 0 Å². The summed E-state index contributed by atoms with van der Waals surface area (Å²) in [6, 6.07) is 12.2. The second-order valence-electron chi connectivity index (χ2n) is 8.09. The van der Waals surface area contributed by atoms with Gasteiger partial charge in [0.05, 0.1) is 26.2 Å². The summed E-state index contributed by atoms with van der Waals surface area (Å²) in [6.07, 6.45) is 2.06. The number of likely N-dealkylation sites (tertiary alicyclic amines) is 1. The van der Waals surface area contributed by atoms with Crippen LogP contribution in [0.3, 0.4) is 0 Å². The fraction of sp³-hybridized carbons (Fsp3) is 0.280. The van der Waals surface area contributed by atoms with Crippen LogP contribution in [0.1, 0.15) is 30.3 Å². The van der Waals surface area contributed by atoms with Crippen LogP contribution in [0, 0.1) is 5.82 Å². The highest BCUT2D eigenvalue weighted by molar-refractivity contribution is 7.17. The molecule has 1 unspecified atom stereocenters. The van der Waals surface area contributed by atoms with Gasteiger partial charge in [0.25, 0.3) is 5.56 Å². The average molecular weight is 466 g/mol. The maximum atomic E-state index is 13.3. The molecule has 1 saturated heterocycles. The van der Waals surface area contributed by atoms with E-state index in [1.807, 2.05) is 23.6 Å². The van der Waals surface area contributed by atoms with Gasteiger partial charge in [-0.1, -0.05) is 18.2 Å². The molecule has 1 aliphatic heterocycles. The number of fused-ring (bicyclic) bond motifs is 1. The number of ether oxygens (including phenoxy) is 2. The predicted octanol–water partition coefficient (Wildman–Crippen LogP) is 5.15. The van der Waals surface area contributed by atoms with Crippen molar-refractivity contribution in [3.05, 3.63) is 75.4 Å². The third-order valence-electron chi connectivity index (χ3n) is 6.16. The molecule has 5 rings (SSSR count). The van der Waals surface area contributed by atoms with E-state index in [2.05, 4.69) is 9.88 Å². The molecule has 33 heavy (non-hydrogen) atoms. The smallest absolute Gasteiger partial charge is 0.260 e. The fourth-order valence-corrected chi connectivity index (χ4v) is 5.53. The zero-order valence-electron chi connectivity index (χ0n) is 18.4. The van der Waals surface area contributed by atoms with E-state index in [0.717, 1.165) is 47.6 Å². The molecule has 2 aromatic carbocycles. The number of aromatic amines is 1. The Morgan fingerprint density at radius 2 is 2.00 bits per heavy atom. The molecule has 2 aromatic heterocycles. The largest absolute Gasteiger partial charge is 0.497 e. The first-order valence-electron chi connectivity index (χ1n) is 10.8. The van der Waals surface area contributed by atoms with E-state index in [1.165, 1.54) is 23.5 Å². The van der Waals surface area contributed by atoms with Gasteiger partial charge < -0.3 is 14.5 Å². The third-order valence-corrected chi connectivity index (χ3v) is 7.04. The quantitative estimate of drug-likeness (QED) is 0.427. The van der Waals surface area contributed by atoms with E-state index in [0.29, 0.717) is 22.6 Å². The van der Waals surface area contributed by atoms with Crippen LogP contribution in [0.25, 0.3) is 21.3 Å². The summed E-state index contributed by atoms with van der Waals surface area (Å²) in [5, 5.41) is 2.45. The van der Waals surface area contributed by atoms with E-state index in [4.69, 9.17) is 14.5 Å². The van der Waals surface area contributed by atoms with E-state index in [-0.39, 0.29) is 17.4 Å². The summed E-state index contributed by atoms with van der Waals surface area (Å²) in [7, 11) is 3.31. The molecule has 0 amide bonds. The average Bonchev–Trinajstić information content (AvgIpc) is 3.46. The number of nitrogens with zero attached hydrogens (tertiary/aromatic N) is 2. The number of hydrogen-bond acceptors (Lipinski definition) is 6. The molecular weight excluding hydrogens is 441 g/mol. The lowest BCUT2D eigenvalue weighted by Crippen LogP contribution is -2.26. The van der Waals surface area contributed by atoms with Gasteiger partial charge in [0.15, 0.2) is 0 Å². The number of thiophene rings is 1. The van der Waals surface area contributed by atoms with Crippen LogP contribution >= 0.6 is 11.3 Å². The minimum Gasteiger partial charge on any atom is -0.497 e. The fourth-order valence-electron chi connectivity index (χ4n) is 4.56. The van der Waals surface area contributed by atoms with E-state index in [9.17, 15) is 9.18 Å². The molecule has 4 aromatic rings. The van der Waals surface area contributed by atoms with Crippen molar-refractivity contribution >= 4 is 21.6 Å². The number of methoxy groups -OCH3 is 2. The van der Waals surface area contributed by atoms with Crippen molar-refractivity contribution < 1.29 is 13.9 Å². The maximum Gasteiger partial charge on any atom is 0.260 e. The van der Waals surface area contributed by atoms with Crippen LogP contribution in [0.15, 0.2) is 52.6 Å². The first-order chi connectivity index (χ1) is 16.1. The Labute approximate surface area is 194 Å². The lowest BCUT2D eigenvalue weighted by molar-refractivity contribution is 0.237. The summed E-state index contributed by atoms with van der Waals surface area (Å²) in [6.45, 7) is 1.45. The standard InChI is InChI=1S/C25H24FN3O3S/c1-31-17-9-10-18(21(12-17)32-2)20-4-3-11-29(20)13-22-27-24(30)23-19(14-33-25(23)28-22)15-5-7-16(26)8-6-15/h5-10,12,14,20H,3-4,11,13H2,1-2H3,(H,27,28,30). The lowest BCUT2D eigenvalue weighted by atomic mass is 10.0. The van der Waals surface area contributed by atoms with Crippen molar-refractivity contribution in [1.82, 2.24) is 14.9 Å². The normalized spacial score (nSPS) is 16.4. The minimum absolute atomic E-state index is 0.171. The number of hydrogen-bond donors (Lipinski definition) is 1. The Kier molecular flexibility index (Phi) is 5.86. The molecule has 1 N–H and O–H groups in total. The van der Waals surface area contributed by atoms with Crippen LogP contribution in [-0.2, 0) is 6.54 Å². The molecule has 0 spiro atoms. The van der Waals surface area contributed by atoms with Crippen molar-refractivity contribution in [3.63, 3.8) is 0 Å². The van der Waals surface area contributed by atoms with Crippen molar-refractivity contribution in [2.45, 2.75) is 25.4 Å². The molecule has 1 aliphatic rings. The topological polar surface area (TPSA) is 67.5 Å². The number of aromatic nitrogens is 2. The molecule has 170 valence electrons. The van der Waals surface area contributed by atoms with Gasteiger partial charge in [0, 0.05) is 28.6 Å². The van der Waals surface area contributed by atoms with Crippen LogP contribution in [0.4, 0.5) is 4.39 Å². The van der Waals surface area contributed by atoms with Gasteiger partial charge in [-0.25, -0.2) is 9.37 Å². The van der Waals surface area contributed by atoms with Crippen LogP contribution in [-0.4, -0.2) is 35.6 Å². The summed E-state index contributed by atoms with van der Waals surface area (Å²) in [5.74, 6) is 1.89. The molecule has 1 fully saturated rings. The second kappa shape index (κ2) is 8.96. The van der Waals surface area contributed by atoms with E-state index in [1.54, 1.807) is 26.4 Å². The number of rotatable bonds is 6. The molecule has 1 atom stereocenters. The van der Waals surface area contributed by atoms with Gasteiger partial charge in [-0.3, -0.25) is 9.69 Å². The molecule has 0 bridgehead atoms. The molecule has 8 heteroatoms. The summed E-state index contributed by atoms with van der Waals surface area (Å²) >= 11 is 1.43. The van der Waals surface area contributed by atoms with Gasteiger partial charge in [0.1, 0.15) is 28.0 Å². The summed E-state index contributed by atoms with van der Waals surface area (Å²) in [4.78, 5) is 23.7. The van der Waals surface area contributed by atoms with Crippen LogP contribution in [0.2, 0.25) is 0 Å². The number of benzene rings is 2. The van der Waals surface area contributed by atoms with Crippen LogP contribution < -0.4 is 15.0 Å². The number of nitrogens with one attached hydrogen (secondary N) is 1. The number of halogens is 1. The molecule has 3 heterocycles. The zero-order chi connectivity index (χ0) is 22.9. The Bertz CT molecular complexity index is 1350. The van der Waals surface area contributed by atoms with Crippen LogP contribution in [0.5, 0.6) is 11.5 Å². The SMILES string of the molecule is COc1ccc(C2CCCN2Cc2nc3scc(-c4ccc(F)cc4)c3c(=O)[nH]2)c(OC)c1. The Morgan fingerprint density at radius 3 is 2.76 bits per heavy atom. The predicted molar refractivity (Wildman–Crippen MR) is 128 cm³/mol. The minimum atomic E-state index is -0.304. The van der Waals surface area contributed by atoms with Crippen molar-refractivity contribution in [2.24, 2.45) is 0 Å². The molecule has 0 saturated carbocycles. The van der Waals surface area contributed by atoms with Gasteiger partial charge in [-0.15, -0.1) is 11.3 Å². The molecule has 0 radical (unpaired) electrons. The lowest BCUT2D eigenvalue weighted by Gasteiger charge is -2.26. The number of H-pyrrole nitrogens is 1. The molecular formula is C25H24FN3O3S. The van der Waals surface area contributed by atoms with E-state index < -0.39 is 0 Å². The summed E-state index contributed by atoms with van der Waals surface area (Å²) in [5.41, 5.74) is 2.51. The first kappa shape index (κ1) is 21.6. The van der Waals surface area contributed by atoms with Crippen molar-refractivity contribution in [2.75, 3.05) is 20.8 Å². The maximum absolute atomic E-state index is 13.3. The zero-order valence-corrected chi connectivity index (χ0v) is 19.2. The molecule has 0 aliphatic carbocycles. The Morgan fingerprint density at radius 1 is 1.18 bits per heavy atom. The highest BCUT2D eigenvalue weighted by Gasteiger charge is 2.29. The monoisotopic (exact) mass is 465 g/mol. The van der Waals surface area contributed by atoms with Gasteiger partial charge >= 0.3 is 0 Å². The highest BCUT2D eigenvalue weighted by Crippen LogP contribution is 2.39. The van der Waals surface area contributed by atoms with Gasteiger partial charge in [-0.05, 0) is 43.1 Å². The molecule has 6 nitrogen and oxygen atoms in total. The highest BCUT2D eigenvalue weighted by atomic mass is 32.1. The summed E-state index contributed by atoms with van der Waals surface area (Å²) < 4.78 is 24.3. The van der Waals surface area contributed by atoms with Crippen molar-refractivity contribution in [3.8, 4) is 22.6 Å². The van der Waals surface area contributed by atoms with Gasteiger partial charge in [0.2, 0.25) is 0 Å².